The van der Waals surface area contributed by atoms with E-state index in [1.807, 2.05) is 0 Å². The van der Waals surface area contributed by atoms with Crippen LogP contribution in [0.15, 0.2) is 18.2 Å². The third kappa shape index (κ3) is 4.25. The third-order valence-corrected chi connectivity index (χ3v) is 4.94. The maximum atomic E-state index is 13.2. The van der Waals surface area contributed by atoms with E-state index in [1.54, 1.807) is 11.0 Å². The molecule has 2 aliphatic rings. The van der Waals surface area contributed by atoms with Gasteiger partial charge in [0.05, 0.1) is 36.8 Å². The van der Waals surface area contributed by atoms with Crippen LogP contribution in [0.25, 0.3) is 0 Å². The lowest BCUT2D eigenvalue weighted by atomic mass is 10.0. The molecule has 0 radical (unpaired) electrons. The number of rotatable bonds is 4. The van der Waals surface area contributed by atoms with Crippen molar-refractivity contribution in [3.63, 3.8) is 0 Å². The molecule has 0 bridgehead atoms. The molecule has 0 unspecified atom stereocenters. The maximum Gasteiger partial charge on any atom is 0.227 e. The first-order chi connectivity index (χ1) is 11.5. The SMILES string of the molecule is O=C(Cc1ccc(F)c(Cl)c1)N1CC[C@](O)(CN2CCOCC2)C1. The summed E-state index contributed by atoms with van der Waals surface area (Å²) in [4.78, 5) is 16.3. The van der Waals surface area contributed by atoms with E-state index >= 15 is 0 Å². The quantitative estimate of drug-likeness (QED) is 0.884. The Morgan fingerprint density at radius 1 is 1.33 bits per heavy atom. The Morgan fingerprint density at radius 2 is 2.08 bits per heavy atom. The second-order valence-corrected chi connectivity index (χ2v) is 7.01. The summed E-state index contributed by atoms with van der Waals surface area (Å²) in [6, 6.07) is 4.31. The molecule has 24 heavy (non-hydrogen) atoms. The molecule has 1 N–H and O–H groups in total. The van der Waals surface area contributed by atoms with Gasteiger partial charge in [-0.05, 0) is 24.1 Å². The number of likely N-dealkylation sites (tertiary alicyclic amines) is 1. The molecule has 0 saturated carbocycles. The molecule has 2 aliphatic heterocycles. The van der Waals surface area contributed by atoms with Crippen LogP contribution in [0.5, 0.6) is 0 Å². The Balaban J connectivity index is 1.55. The highest BCUT2D eigenvalue weighted by molar-refractivity contribution is 6.30. The summed E-state index contributed by atoms with van der Waals surface area (Å²) in [7, 11) is 0. The van der Waals surface area contributed by atoms with Crippen molar-refractivity contribution in [3.05, 3.63) is 34.6 Å². The smallest absolute Gasteiger partial charge is 0.227 e. The van der Waals surface area contributed by atoms with E-state index in [-0.39, 0.29) is 17.4 Å². The lowest BCUT2D eigenvalue weighted by molar-refractivity contribution is -0.130. The number of benzene rings is 1. The van der Waals surface area contributed by atoms with Crippen LogP contribution in [0.3, 0.4) is 0 Å². The minimum Gasteiger partial charge on any atom is -0.387 e. The van der Waals surface area contributed by atoms with Gasteiger partial charge in [0.2, 0.25) is 5.91 Å². The van der Waals surface area contributed by atoms with E-state index in [2.05, 4.69) is 4.90 Å². The fraction of sp³-hybridized carbons (Fsp3) is 0.588. The van der Waals surface area contributed by atoms with Gasteiger partial charge < -0.3 is 14.7 Å². The van der Waals surface area contributed by atoms with Crippen LogP contribution in [0, 0.1) is 5.82 Å². The van der Waals surface area contributed by atoms with E-state index in [1.165, 1.54) is 12.1 Å². The lowest BCUT2D eigenvalue weighted by Gasteiger charge is -2.33. The summed E-state index contributed by atoms with van der Waals surface area (Å²) in [6.45, 7) is 4.41. The number of nitrogens with zero attached hydrogens (tertiary/aromatic N) is 2. The van der Waals surface area contributed by atoms with E-state index in [9.17, 15) is 14.3 Å². The van der Waals surface area contributed by atoms with Gasteiger partial charge in [-0.1, -0.05) is 17.7 Å². The van der Waals surface area contributed by atoms with Crippen LogP contribution in [-0.4, -0.2) is 72.4 Å². The molecular weight excluding hydrogens is 335 g/mol. The summed E-state index contributed by atoms with van der Waals surface area (Å²) in [5.41, 5.74) is -0.192. The van der Waals surface area contributed by atoms with Crippen LogP contribution in [0.1, 0.15) is 12.0 Å². The summed E-state index contributed by atoms with van der Waals surface area (Å²) in [5.74, 6) is -0.565. The molecule has 5 nitrogen and oxygen atoms in total. The van der Waals surface area contributed by atoms with E-state index in [0.29, 0.717) is 44.8 Å². The summed E-state index contributed by atoms with van der Waals surface area (Å²) < 4.78 is 18.5. The Kier molecular flexibility index (Phi) is 5.39. The molecule has 1 aromatic carbocycles. The van der Waals surface area contributed by atoms with Crippen LogP contribution >= 0.6 is 11.6 Å². The summed E-state index contributed by atoms with van der Waals surface area (Å²) in [5, 5.41) is 10.8. The molecule has 0 aromatic heterocycles. The number of carbonyl (C=O) groups excluding carboxylic acids is 1. The molecule has 1 amide bonds. The van der Waals surface area contributed by atoms with Crippen molar-refractivity contribution in [2.75, 3.05) is 45.9 Å². The molecule has 2 heterocycles. The molecular formula is C17H22ClFN2O3. The van der Waals surface area contributed by atoms with Crippen molar-refractivity contribution < 1.29 is 19.0 Å². The Bertz CT molecular complexity index is 609. The number of hydrogen-bond donors (Lipinski definition) is 1. The second-order valence-electron chi connectivity index (χ2n) is 6.60. The predicted octanol–water partition coefficient (Wildman–Crippen LogP) is 1.32. The highest BCUT2D eigenvalue weighted by atomic mass is 35.5. The average Bonchev–Trinajstić information content (AvgIpc) is 2.94. The minimum atomic E-state index is -0.868. The summed E-state index contributed by atoms with van der Waals surface area (Å²) >= 11 is 5.76. The molecule has 1 atom stereocenters. The van der Waals surface area contributed by atoms with Crippen LogP contribution in [-0.2, 0) is 16.0 Å². The highest BCUT2D eigenvalue weighted by Gasteiger charge is 2.39. The first kappa shape index (κ1) is 17.6. The highest BCUT2D eigenvalue weighted by Crippen LogP contribution is 2.24. The first-order valence-electron chi connectivity index (χ1n) is 8.19. The van der Waals surface area contributed by atoms with Gasteiger partial charge in [0.15, 0.2) is 0 Å². The predicted molar refractivity (Wildman–Crippen MR) is 88.5 cm³/mol. The Labute approximate surface area is 145 Å². The van der Waals surface area contributed by atoms with E-state index in [0.717, 1.165) is 13.1 Å². The Morgan fingerprint density at radius 3 is 2.79 bits per heavy atom. The van der Waals surface area contributed by atoms with Gasteiger partial charge in [-0.3, -0.25) is 9.69 Å². The van der Waals surface area contributed by atoms with Gasteiger partial charge in [0.25, 0.3) is 0 Å². The van der Waals surface area contributed by atoms with Gasteiger partial charge in [0, 0.05) is 26.2 Å². The van der Waals surface area contributed by atoms with E-state index < -0.39 is 11.4 Å². The fourth-order valence-corrected chi connectivity index (χ4v) is 3.51. The molecule has 3 rings (SSSR count). The van der Waals surface area contributed by atoms with Crippen LogP contribution < -0.4 is 0 Å². The zero-order valence-electron chi connectivity index (χ0n) is 13.5. The number of ether oxygens (including phenoxy) is 1. The first-order valence-corrected chi connectivity index (χ1v) is 8.57. The monoisotopic (exact) mass is 356 g/mol. The van der Waals surface area contributed by atoms with Crippen molar-refractivity contribution in [2.24, 2.45) is 0 Å². The molecule has 1 aromatic rings. The second kappa shape index (κ2) is 7.35. The zero-order chi connectivity index (χ0) is 17.2. The number of halogens is 2. The van der Waals surface area contributed by atoms with Crippen molar-refractivity contribution >= 4 is 17.5 Å². The largest absolute Gasteiger partial charge is 0.387 e. The summed E-state index contributed by atoms with van der Waals surface area (Å²) in [6.07, 6.45) is 0.730. The lowest BCUT2D eigenvalue weighted by Crippen LogP contribution is -2.49. The number of morpholine rings is 1. The van der Waals surface area contributed by atoms with Crippen LogP contribution in [0.2, 0.25) is 5.02 Å². The molecule has 2 fully saturated rings. The normalized spacial score (nSPS) is 25.2. The average molecular weight is 357 g/mol. The van der Waals surface area contributed by atoms with Gasteiger partial charge in [0.1, 0.15) is 5.82 Å². The van der Waals surface area contributed by atoms with E-state index in [4.69, 9.17) is 16.3 Å². The van der Waals surface area contributed by atoms with Crippen molar-refractivity contribution in [1.29, 1.82) is 0 Å². The molecule has 7 heteroatoms. The molecule has 0 aliphatic carbocycles. The van der Waals surface area contributed by atoms with Crippen molar-refractivity contribution in [3.8, 4) is 0 Å². The number of aliphatic hydroxyl groups is 1. The van der Waals surface area contributed by atoms with Gasteiger partial charge >= 0.3 is 0 Å². The van der Waals surface area contributed by atoms with Crippen LogP contribution in [0.4, 0.5) is 4.39 Å². The Hall–Kier alpha value is -1.21. The number of carbonyl (C=O) groups is 1. The van der Waals surface area contributed by atoms with Crippen molar-refractivity contribution in [1.82, 2.24) is 9.80 Å². The van der Waals surface area contributed by atoms with Gasteiger partial charge in [-0.15, -0.1) is 0 Å². The number of β-amino-alcohol motifs (C(OH)–C–C–N with tert-alkyl or cyclic N) is 1. The third-order valence-electron chi connectivity index (χ3n) is 4.65. The van der Waals surface area contributed by atoms with Gasteiger partial charge in [-0.25, -0.2) is 4.39 Å². The minimum absolute atomic E-state index is 0.0190. The molecule has 0 spiro atoms. The molecule has 132 valence electrons. The van der Waals surface area contributed by atoms with Crippen molar-refractivity contribution in [2.45, 2.75) is 18.4 Å². The number of hydrogen-bond acceptors (Lipinski definition) is 4. The number of amides is 1. The topological polar surface area (TPSA) is 53.0 Å². The molecule has 2 saturated heterocycles. The van der Waals surface area contributed by atoms with Gasteiger partial charge in [-0.2, -0.15) is 0 Å². The fourth-order valence-electron chi connectivity index (χ4n) is 3.31. The zero-order valence-corrected chi connectivity index (χ0v) is 14.3. The standard InChI is InChI=1S/C17H22ClFN2O3/c18-14-9-13(1-2-15(14)19)10-16(22)21-4-3-17(23,12-21)11-20-5-7-24-8-6-20/h1-2,9,23H,3-8,10-12H2/t17-/m0/s1. The maximum absolute atomic E-state index is 13.2.